The number of hydrogen-bond acceptors (Lipinski definition) is 2. The first-order chi connectivity index (χ1) is 61.2. The second-order valence-corrected chi connectivity index (χ2v) is 44.9. The molecule has 620 valence electrons. The molecule has 17 rings (SSSR count). The fourth-order valence-corrected chi connectivity index (χ4v) is 18.9. The maximum Gasteiger partial charge on any atom is 0.252 e. The zero-order valence-electron chi connectivity index (χ0n) is 87.4. The van der Waals surface area contributed by atoms with Gasteiger partial charge in [-0.3, -0.25) is 0 Å². The van der Waals surface area contributed by atoms with Gasteiger partial charge in [0, 0.05) is 80.7 Å². The maximum atomic E-state index is 11.3. The molecule has 0 amide bonds. The molecule has 2 aliphatic rings. The third kappa shape index (κ3) is 15.6. The van der Waals surface area contributed by atoms with Crippen LogP contribution >= 0.6 is 0 Å². The molecule has 0 atom stereocenters. The van der Waals surface area contributed by atoms with Crippen LogP contribution < -0.4 is 26.2 Å². The number of para-hydroxylation sites is 2. The van der Waals surface area contributed by atoms with Gasteiger partial charge in [0.25, 0.3) is 6.71 Å². The number of anilines is 6. The van der Waals surface area contributed by atoms with E-state index in [2.05, 4.69) is 391 Å². The Morgan fingerprint density at radius 1 is 0.279 bits per heavy atom. The number of rotatable bonds is 11. The van der Waals surface area contributed by atoms with E-state index in [1.54, 1.807) is 0 Å². The smallest absolute Gasteiger partial charge is 0.252 e. The van der Waals surface area contributed by atoms with Crippen LogP contribution in [0.1, 0.15) is 251 Å². The molecule has 4 heterocycles. The van der Waals surface area contributed by atoms with Crippen LogP contribution in [-0.4, -0.2) is 15.8 Å². The monoisotopic (exact) mass is 1610 g/mol. The van der Waals surface area contributed by atoms with Crippen molar-refractivity contribution in [3.05, 3.63) is 305 Å². The van der Waals surface area contributed by atoms with E-state index in [1.165, 1.54) is 0 Å². The first-order valence-corrected chi connectivity index (χ1v) is 44.2. The van der Waals surface area contributed by atoms with Gasteiger partial charge in [-0.05, 0) is 254 Å². The lowest BCUT2D eigenvalue weighted by Crippen LogP contribution is -2.61. The normalized spacial score (nSPS) is 15.0. The third-order valence-corrected chi connectivity index (χ3v) is 25.0. The fraction of sp³-hybridized carbons (Fsp3) is 0.333. The van der Waals surface area contributed by atoms with Crippen LogP contribution in [0.15, 0.2) is 255 Å². The van der Waals surface area contributed by atoms with E-state index < -0.39 is 29.3 Å². The Morgan fingerprint density at radius 2 is 0.598 bits per heavy atom. The zero-order valence-corrected chi connectivity index (χ0v) is 77.4. The summed E-state index contributed by atoms with van der Waals surface area (Å²) in [6.07, 6.45) is -0.661. The van der Waals surface area contributed by atoms with Crippen molar-refractivity contribution < 1.29 is 13.7 Å². The molecule has 4 nitrogen and oxygen atoms in total. The van der Waals surface area contributed by atoms with E-state index in [1.807, 2.05) is 20.8 Å². The Labute approximate surface area is 744 Å². The summed E-state index contributed by atoms with van der Waals surface area (Å²) in [5.41, 5.74) is 24.6. The van der Waals surface area contributed by atoms with Crippen molar-refractivity contribution in [2.45, 2.75) is 239 Å². The van der Waals surface area contributed by atoms with Crippen molar-refractivity contribution >= 4 is 101 Å². The van der Waals surface area contributed by atoms with Gasteiger partial charge >= 0.3 is 0 Å². The number of fused-ring (bicyclic) bond motifs is 10. The Kier molecular flexibility index (Phi) is 17.3. The van der Waals surface area contributed by atoms with Gasteiger partial charge in [0.15, 0.2) is 0 Å². The molecule has 0 aliphatic carbocycles. The Hall–Kier alpha value is -10.9. The van der Waals surface area contributed by atoms with Gasteiger partial charge in [0.1, 0.15) is 0 Å². The molecule has 0 bridgehead atoms. The topological polar surface area (TPSA) is 16.3 Å². The lowest BCUT2D eigenvalue weighted by Gasteiger charge is -2.46. The molecule has 0 fully saturated rings. The highest BCUT2D eigenvalue weighted by atomic mass is 15.2. The molecule has 0 N–H and O–H groups in total. The number of aromatic nitrogens is 2. The first kappa shape index (κ1) is 71.7. The molecular weight excluding hydrogens is 1470 g/mol. The fourth-order valence-electron chi connectivity index (χ4n) is 18.9. The summed E-state index contributed by atoms with van der Waals surface area (Å²) in [4.78, 5) is 4.96. The molecule has 2 aliphatic heterocycles. The number of nitrogens with zero attached hydrogens (tertiary/aromatic N) is 4. The lowest BCUT2D eigenvalue weighted by molar-refractivity contribution is 0.411. The van der Waals surface area contributed by atoms with Crippen LogP contribution in [0.25, 0.3) is 99.5 Å². The number of hydrogen-bond donors (Lipinski definition) is 0. The molecular formula is C117H129BN4. The van der Waals surface area contributed by atoms with Crippen LogP contribution in [0.5, 0.6) is 0 Å². The maximum absolute atomic E-state index is 11.3. The van der Waals surface area contributed by atoms with E-state index >= 15 is 0 Å². The average molecular weight is 1610 g/mol. The SMILES string of the molecule is [2H]c1c([2H])c([2H])c2c(c1[2H])c1cc(CC(C)(C)C)ccc1n2-c1ccc2c(c1)N(c1c(-c3cccc(C(C)(C)C)c3)cc(C(C)(C)C)cc1-c1cccc(C(C)(C)C)c1)c1cc(C([2H])([2H])C(C)(C)C)cc3c1B2c1ccc(-n2c4ccc(CC(C)(C)C)cc4c4c([2H])c([2H])c([2H])c([2H])c42)cc1N3c1c(-c2cccc(C(C)(C)C)c2)cc(C(C)(C)C)cc1-c1cccc(C(C)(C)C)c1. The number of benzene rings is 13. The second-order valence-electron chi connectivity index (χ2n) is 44.9. The van der Waals surface area contributed by atoms with Gasteiger partial charge in [0.05, 0.1) is 44.4 Å². The highest BCUT2D eigenvalue weighted by Crippen LogP contribution is 2.57. The van der Waals surface area contributed by atoms with Crippen LogP contribution in [0.4, 0.5) is 34.1 Å². The standard InChI is InChI=1S/C117H129BN4/c1-109(2,3)70-73-48-54-100-94(56-73)88-44-28-30-46-98(88)119(100)86-50-52-96-102(68-86)121(107-90(76-36-32-40-80(60-76)112(10,11)12)64-84(116(22,23)24)65-91(107)77-37-33-41-81(61-77)113(13,14)15)104-58-75(72-111(7,8)9)59-105-106(104)118(96)97-53-51-87(120-99-47-31-29-45-89(99)95-57-74(49-55-101(95)120)71-110(4,5)6)69-103(97)122(105)108-92(78-38-34-42-82(62-78)114(16,17)18)66-85(117(25,26)27)67-93(108)79-39-35-43-83(63-79)115(19,20)21/h28-69H,70-72H2,1-27H3/i28D,29D,30D,31D,44D,45D,46D,47D,72D2. The summed E-state index contributed by atoms with van der Waals surface area (Å²) in [6.45, 7) is 59.5. The van der Waals surface area contributed by atoms with E-state index in [-0.39, 0.29) is 80.8 Å². The minimum Gasteiger partial charge on any atom is -0.310 e. The Bertz CT molecular complexity index is 6720. The summed E-state index contributed by atoms with van der Waals surface area (Å²) in [5.74, 6) is 0. The van der Waals surface area contributed by atoms with E-state index in [0.29, 0.717) is 60.5 Å². The molecule has 0 spiro atoms. The van der Waals surface area contributed by atoms with Gasteiger partial charge in [-0.2, -0.15) is 0 Å². The van der Waals surface area contributed by atoms with Gasteiger partial charge in [-0.25, -0.2) is 0 Å². The molecule has 122 heavy (non-hydrogen) atoms. The molecule has 15 aromatic rings. The van der Waals surface area contributed by atoms with Crippen LogP contribution in [0.3, 0.4) is 0 Å². The van der Waals surface area contributed by atoms with Crippen molar-refractivity contribution in [3.63, 3.8) is 0 Å². The minimum absolute atomic E-state index is 0.118. The van der Waals surface area contributed by atoms with Gasteiger partial charge < -0.3 is 18.9 Å². The van der Waals surface area contributed by atoms with Crippen LogP contribution in [0, 0.1) is 16.2 Å². The lowest BCUT2D eigenvalue weighted by atomic mass is 9.33. The summed E-state index contributed by atoms with van der Waals surface area (Å²) in [6, 6.07) is 74.3. The molecule has 0 radical (unpaired) electrons. The molecule has 5 heteroatoms. The van der Waals surface area contributed by atoms with Crippen molar-refractivity contribution in [1.82, 2.24) is 9.13 Å². The molecule has 0 saturated heterocycles. The predicted octanol–water partition coefficient (Wildman–Crippen LogP) is 31.2. The van der Waals surface area contributed by atoms with Crippen molar-refractivity contribution in [1.29, 1.82) is 0 Å². The Morgan fingerprint density at radius 3 is 0.902 bits per heavy atom. The second kappa shape index (κ2) is 29.4. The van der Waals surface area contributed by atoms with E-state index in [9.17, 15) is 13.7 Å². The summed E-state index contributed by atoms with van der Waals surface area (Å²) >= 11 is 0. The van der Waals surface area contributed by atoms with Gasteiger partial charge in [-0.1, -0.05) is 345 Å². The third-order valence-electron chi connectivity index (χ3n) is 25.0. The van der Waals surface area contributed by atoms with Crippen molar-refractivity contribution in [2.75, 3.05) is 9.80 Å². The van der Waals surface area contributed by atoms with Crippen molar-refractivity contribution in [2.24, 2.45) is 16.2 Å². The zero-order chi connectivity index (χ0) is 95.7. The highest BCUT2D eigenvalue weighted by Gasteiger charge is 2.47. The summed E-state index contributed by atoms with van der Waals surface area (Å²) in [5, 5.41) is 2.28. The largest absolute Gasteiger partial charge is 0.310 e. The van der Waals surface area contributed by atoms with Crippen LogP contribution in [0.2, 0.25) is 0 Å². The predicted molar refractivity (Wildman–Crippen MR) is 533 cm³/mol. The quantitative estimate of drug-likeness (QED) is 0.120. The van der Waals surface area contributed by atoms with E-state index in [4.69, 9.17) is 0 Å². The molecule has 0 saturated carbocycles. The van der Waals surface area contributed by atoms with Crippen molar-refractivity contribution in [3.8, 4) is 55.9 Å². The van der Waals surface area contributed by atoms with Gasteiger partial charge in [-0.15, -0.1) is 0 Å². The molecule has 13 aromatic carbocycles. The minimum atomic E-state index is -2.10. The highest BCUT2D eigenvalue weighted by molar-refractivity contribution is 7.00. The average Bonchev–Trinajstić information content (AvgIpc) is 0.729. The molecule has 0 unspecified atom stereocenters. The Balaban J connectivity index is 1.14. The van der Waals surface area contributed by atoms with Crippen LogP contribution in [-0.2, 0) is 51.7 Å². The summed E-state index contributed by atoms with van der Waals surface area (Å²) < 4.78 is 105. The van der Waals surface area contributed by atoms with Gasteiger partial charge in [0.2, 0.25) is 0 Å². The summed E-state index contributed by atoms with van der Waals surface area (Å²) in [7, 11) is 0. The first-order valence-electron chi connectivity index (χ1n) is 49.2. The van der Waals surface area contributed by atoms with E-state index in [0.717, 1.165) is 152 Å². The molecule has 2 aromatic heterocycles.